The summed E-state index contributed by atoms with van der Waals surface area (Å²) >= 11 is 0. The zero-order valence-electron chi connectivity index (χ0n) is 9.70. The maximum atomic E-state index is 10.5. The van der Waals surface area contributed by atoms with Crippen LogP contribution >= 0.6 is 0 Å². The summed E-state index contributed by atoms with van der Waals surface area (Å²) in [6.07, 6.45) is 4.76. The van der Waals surface area contributed by atoms with E-state index in [1.54, 1.807) is 12.1 Å². The summed E-state index contributed by atoms with van der Waals surface area (Å²) < 4.78 is 10.5. The average molecular weight is 262 g/mol. The van der Waals surface area contributed by atoms with Gasteiger partial charge < -0.3 is 19.7 Å². The summed E-state index contributed by atoms with van der Waals surface area (Å²) in [7, 11) is 0. The van der Waals surface area contributed by atoms with E-state index in [4.69, 9.17) is 19.7 Å². The first-order valence-corrected chi connectivity index (χ1v) is 5.32. The molecule has 1 aromatic rings. The maximum absolute atomic E-state index is 10.5. The molecule has 0 aliphatic carbocycles. The van der Waals surface area contributed by atoms with E-state index in [9.17, 15) is 9.59 Å². The van der Waals surface area contributed by atoms with E-state index in [0.29, 0.717) is 22.6 Å². The number of fused-ring (bicyclic) bond motifs is 1. The number of hydrogen-bond acceptors (Lipinski definition) is 4. The fraction of sp³-hybridized carbons (Fsp3) is 0.0769. The van der Waals surface area contributed by atoms with Gasteiger partial charge in [0.15, 0.2) is 11.5 Å². The van der Waals surface area contributed by atoms with Crippen molar-refractivity contribution in [1.82, 2.24) is 0 Å². The van der Waals surface area contributed by atoms with Crippen molar-refractivity contribution in [3.8, 4) is 11.5 Å². The molecule has 1 aromatic carbocycles. The van der Waals surface area contributed by atoms with Crippen molar-refractivity contribution in [2.75, 3.05) is 6.79 Å². The lowest BCUT2D eigenvalue weighted by molar-refractivity contribution is -0.132. The average Bonchev–Trinajstić information content (AvgIpc) is 2.83. The lowest BCUT2D eigenvalue weighted by atomic mass is 10.1. The maximum Gasteiger partial charge on any atom is 0.328 e. The van der Waals surface area contributed by atoms with Gasteiger partial charge in [-0.15, -0.1) is 0 Å². The molecule has 0 saturated heterocycles. The molecule has 98 valence electrons. The molecule has 19 heavy (non-hydrogen) atoms. The molecule has 0 unspecified atom stereocenters. The Labute approximate surface area is 108 Å². The molecular formula is C13H10O6. The van der Waals surface area contributed by atoms with Crippen LogP contribution in [0.4, 0.5) is 0 Å². The van der Waals surface area contributed by atoms with Gasteiger partial charge >= 0.3 is 11.9 Å². The minimum atomic E-state index is -1.07. The summed E-state index contributed by atoms with van der Waals surface area (Å²) in [6, 6.07) is 3.27. The Morgan fingerprint density at radius 2 is 1.37 bits per heavy atom. The molecule has 0 aromatic heterocycles. The number of rotatable bonds is 4. The predicted octanol–water partition coefficient (Wildman–Crippen LogP) is 1.61. The largest absolute Gasteiger partial charge is 0.478 e. The highest BCUT2D eigenvalue weighted by Gasteiger charge is 2.19. The number of benzene rings is 1. The van der Waals surface area contributed by atoms with Crippen LogP contribution in [0.1, 0.15) is 11.1 Å². The van der Waals surface area contributed by atoms with Gasteiger partial charge in [-0.3, -0.25) is 0 Å². The minimum Gasteiger partial charge on any atom is -0.478 e. The van der Waals surface area contributed by atoms with Crippen LogP contribution in [0, 0.1) is 0 Å². The lowest BCUT2D eigenvalue weighted by Gasteiger charge is -2.04. The van der Waals surface area contributed by atoms with E-state index in [1.165, 1.54) is 12.2 Å². The van der Waals surface area contributed by atoms with Gasteiger partial charge in [0.1, 0.15) is 0 Å². The molecule has 0 amide bonds. The van der Waals surface area contributed by atoms with Crippen molar-refractivity contribution < 1.29 is 29.3 Å². The summed E-state index contributed by atoms with van der Waals surface area (Å²) in [5.41, 5.74) is 1.12. The van der Waals surface area contributed by atoms with Crippen LogP contribution in [0.2, 0.25) is 0 Å². The van der Waals surface area contributed by atoms with Crippen LogP contribution in [0.5, 0.6) is 11.5 Å². The van der Waals surface area contributed by atoms with Crippen LogP contribution in [-0.4, -0.2) is 28.9 Å². The Bertz CT molecular complexity index is 534. The second-order valence-corrected chi connectivity index (χ2v) is 3.65. The van der Waals surface area contributed by atoms with E-state index in [-0.39, 0.29) is 6.79 Å². The number of carboxylic acid groups (broad SMARTS) is 2. The van der Waals surface area contributed by atoms with E-state index < -0.39 is 11.9 Å². The summed E-state index contributed by atoms with van der Waals surface area (Å²) in [5, 5.41) is 17.2. The van der Waals surface area contributed by atoms with Crippen molar-refractivity contribution in [1.29, 1.82) is 0 Å². The number of carboxylic acids is 2. The lowest BCUT2D eigenvalue weighted by Crippen LogP contribution is -1.94. The highest BCUT2D eigenvalue weighted by atomic mass is 16.7. The van der Waals surface area contributed by atoms with E-state index in [2.05, 4.69) is 0 Å². The van der Waals surface area contributed by atoms with E-state index in [1.807, 2.05) is 0 Å². The molecule has 2 rings (SSSR count). The predicted molar refractivity (Wildman–Crippen MR) is 65.9 cm³/mol. The van der Waals surface area contributed by atoms with Crippen molar-refractivity contribution in [3.63, 3.8) is 0 Å². The smallest absolute Gasteiger partial charge is 0.328 e. The van der Waals surface area contributed by atoms with Gasteiger partial charge in [-0.2, -0.15) is 0 Å². The van der Waals surface area contributed by atoms with Crippen LogP contribution in [0.25, 0.3) is 12.2 Å². The van der Waals surface area contributed by atoms with Crippen LogP contribution in [0.15, 0.2) is 24.3 Å². The van der Waals surface area contributed by atoms with Crippen LogP contribution < -0.4 is 9.47 Å². The van der Waals surface area contributed by atoms with Gasteiger partial charge in [0, 0.05) is 23.3 Å². The molecule has 1 aliphatic heterocycles. The molecule has 6 nitrogen and oxygen atoms in total. The Balaban J connectivity index is 2.39. The van der Waals surface area contributed by atoms with Gasteiger partial charge in [-0.25, -0.2) is 9.59 Å². The monoisotopic (exact) mass is 262 g/mol. The second kappa shape index (κ2) is 5.26. The summed E-state index contributed by atoms with van der Waals surface area (Å²) in [5.74, 6) is -1.32. The Morgan fingerprint density at radius 3 is 1.74 bits per heavy atom. The Kier molecular flexibility index (Phi) is 3.51. The Hall–Kier alpha value is -2.76. The summed E-state index contributed by atoms with van der Waals surface area (Å²) in [6.45, 7) is 0.0150. The molecule has 0 fully saturated rings. The summed E-state index contributed by atoms with van der Waals surface area (Å²) in [4.78, 5) is 21.0. The highest BCUT2D eigenvalue weighted by Crippen LogP contribution is 2.40. The highest BCUT2D eigenvalue weighted by molar-refractivity contribution is 5.88. The molecule has 0 spiro atoms. The SMILES string of the molecule is O=C(O)/C=C/c1ccc(/C=C/C(=O)O)c2c1OCO2. The van der Waals surface area contributed by atoms with Crippen molar-refractivity contribution in [2.24, 2.45) is 0 Å². The molecule has 0 radical (unpaired) electrons. The molecule has 0 saturated carbocycles. The molecule has 0 bridgehead atoms. The molecular weight excluding hydrogens is 252 g/mol. The van der Waals surface area contributed by atoms with E-state index in [0.717, 1.165) is 12.2 Å². The van der Waals surface area contributed by atoms with Crippen molar-refractivity contribution >= 4 is 24.1 Å². The third kappa shape index (κ3) is 2.92. The standard InChI is InChI=1S/C13H10O6/c14-10(15)5-3-8-1-2-9(4-6-11(16)17)13-12(8)18-7-19-13/h1-6H,7H2,(H,14,15)(H,16,17)/b5-3+,6-4+. The van der Waals surface area contributed by atoms with Gasteiger partial charge in [-0.1, -0.05) is 12.1 Å². The first-order chi connectivity index (χ1) is 9.08. The molecule has 1 aliphatic rings. The third-order valence-electron chi connectivity index (χ3n) is 2.39. The van der Waals surface area contributed by atoms with Crippen molar-refractivity contribution in [2.45, 2.75) is 0 Å². The quantitative estimate of drug-likeness (QED) is 0.801. The second-order valence-electron chi connectivity index (χ2n) is 3.65. The topological polar surface area (TPSA) is 93.1 Å². The minimum absolute atomic E-state index is 0.0150. The fourth-order valence-electron chi connectivity index (χ4n) is 1.62. The van der Waals surface area contributed by atoms with Crippen LogP contribution in [-0.2, 0) is 9.59 Å². The zero-order chi connectivity index (χ0) is 13.8. The van der Waals surface area contributed by atoms with Crippen LogP contribution in [0.3, 0.4) is 0 Å². The fourth-order valence-corrected chi connectivity index (χ4v) is 1.62. The molecule has 2 N–H and O–H groups in total. The van der Waals surface area contributed by atoms with Gasteiger partial charge in [0.05, 0.1) is 0 Å². The zero-order valence-corrected chi connectivity index (χ0v) is 9.70. The third-order valence-corrected chi connectivity index (χ3v) is 2.39. The first-order valence-electron chi connectivity index (χ1n) is 5.32. The van der Waals surface area contributed by atoms with Gasteiger partial charge in [0.25, 0.3) is 0 Å². The number of aliphatic carboxylic acids is 2. The Morgan fingerprint density at radius 1 is 0.947 bits per heavy atom. The number of carbonyl (C=O) groups is 2. The van der Waals surface area contributed by atoms with E-state index >= 15 is 0 Å². The number of hydrogen-bond donors (Lipinski definition) is 2. The molecule has 6 heteroatoms. The van der Waals surface area contributed by atoms with Crippen molar-refractivity contribution in [3.05, 3.63) is 35.4 Å². The number of ether oxygens (including phenoxy) is 2. The molecule has 0 atom stereocenters. The normalized spacial score (nSPS) is 13.3. The first kappa shape index (κ1) is 12.7. The van der Waals surface area contributed by atoms with Gasteiger partial charge in [-0.05, 0) is 12.2 Å². The van der Waals surface area contributed by atoms with Gasteiger partial charge in [0.2, 0.25) is 6.79 Å². The molecule has 1 heterocycles.